The van der Waals surface area contributed by atoms with Gasteiger partial charge in [0.15, 0.2) is 5.82 Å². The first-order chi connectivity index (χ1) is 24.3. The normalized spacial score (nSPS) is 22.5. The molecule has 51 heavy (non-hydrogen) atoms. The molecule has 4 atom stereocenters. The van der Waals surface area contributed by atoms with E-state index in [2.05, 4.69) is 59.1 Å². The summed E-state index contributed by atoms with van der Waals surface area (Å²) in [6.45, 7) is 14.5. The fourth-order valence-electron chi connectivity index (χ4n) is 7.63. The van der Waals surface area contributed by atoms with Crippen LogP contribution in [-0.2, 0) is 20.9 Å². The van der Waals surface area contributed by atoms with Crippen molar-refractivity contribution in [2.45, 2.75) is 128 Å². The van der Waals surface area contributed by atoms with Crippen molar-refractivity contribution in [3.8, 4) is 22.4 Å². The van der Waals surface area contributed by atoms with E-state index in [0.717, 1.165) is 96.8 Å². The van der Waals surface area contributed by atoms with Gasteiger partial charge in [-0.3, -0.25) is 0 Å². The molecule has 3 saturated heterocycles. The quantitative estimate of drug-likeness (QED) is 0.124. The van der Waals surface area contributed by atoms with Gasteiger partial charge in [0.2, 0.25) is 0 Å². The Morgan fingerprint density at radius 2 is 1.76 bits per heavy atom. The lowest BCUT2D eigenvalue weighted by atomic mass is 9.96. The Hall–Kier alpha value is -3.88. The summed E-state index contributed by atoms with van der Waals surface area (Å²) in [6.07, 6.45) is 10.6. The molecule has 1 amide bonds. The highest BCUT2D eigenvalue weighted by molar-refractivity contribution is 6.76. The lowest BCUT2D eigenvalue weighted by Crippen LogP contribution is -2.53. The predicted octanol–water partition coefficient (Wildman–Crippen LogP) is 7.13. The Bertz CT molecular complexity index is 1810. The summed E-state index contributed by atoms with van der Waals surface area (Å²) >= 11 is 0. The maximum atomic E-state index is 13.0. The van der Waals surface area contributed by atoms with E-state index in [9.17, 15) is 4.79 Å². The number of amides is 1. The van der Waals surface area contributed by atoms with Gasteiger partial charge in [0.25, 0.3) is 0 Å². The van der Waals surface area contributed by atoms with E-state index >= 15 is 0 Å². The number of nitrogens with zero attached hydrogens (tertiary/aromatic N) is 9. The predicted molar refractivity (Wildman–Crippen MR) is 199 cm³/mol. The van der Waals surface area contributed by atoms with E-state index in [1.54, 1.807) is 0 Å². The summed E-state index contributed by atoms with van der Waals surface area (Å²) < 4.78 is 21.6. The van der Waals surface area contributed by atoms with Gasteiger partial charge in [0.05, 0.1) is 11.9 Å². The summed E-state index contributed by atoms with van der Waals surface area (Å²) in [5, 5.41) is 23.4. The van der Waals surface area contributed by atoms with Gasteiger partial charge in [-0.2, -0.15) is 5.10 Å². The number of benzene rings is 1. The number of piperidine rings is 1. The number of hydrogen-bond donors (Lipinski definition) is 0. The molecule has 0 saturated carbocycles. The number of carbonyl (C=O) groups excluding carboxylic acids is 1. The standard InChI is InChI=1S/C37H53N9O4Si/c1-37(2,3)50-36(47)46-26-11-12-27(46)21-28(20-26)43(4)32-16-15-31(39-40-32)30-14-13-29(25-22-38-44(23-25)33-10-8-9-17-49-33)34-35(30)45(42-41-34)24-48-18-19-51(5,6)7/h13-16,22-23,26-28,33H,8-12,17-21,24H2,1-7H3/t26-,27+,28?,33?. The molecule has 274 valence electrons. The zero-order valence-electron chi connectivity index (χ0n) is 31.2. The third-order valence-electron chi connectivity index (χ3n) is 10.4. The van der Waals surface area contributed by atoms with Crippen LogP contribution in [0, 0.1) is 0 Å². The number of hydrogen-bond acceptors (Lipinski definition) is 10. The van der Waals surface area contributed by atoms with Gasteiger partial charge in [-0.15, -0.1) is 15.3 Å². The van der Waals surface area contributed by atoms with E-state index < -0.39 is 13.7 Å². The average Bonchev–Trinajstić information content (AvgIpc) is 3.82. The number of ether oxygens (including phenoxy) is 3. The first-order valence-corrected chi connectivity index (χ1v) is 22.2. The van der Waals surface area contributed by atoms with Crippen LogP contribution in [0.25, 0.3) is 33.4 Å². The van der Waals surface area contributed by atoms with E-state index in [0.29, 0.717) is 13.3 Å². The van der Waals surface area contributed by atoms with Gasteiger partial charge in [0.1, 0.15) is 29.6 Å². The molecule has 1 aromatic carbocycles. The second-order valence-electron chi connectivity index (χ2n) is 16.6. The van der Waals surface area contributed by atoms with Crippen LogP contribution in [0.5, 0.6) is 0 Å². The lowest BCUT2D eigenvalue weighted by Gasteiger charge is -2.42. The number of rotatable bonds is 10. The third-order valence-corrected chi connectivity index (χ3v) is 12.1. The first-order valence-electron chi connectivity index (χ1n) is 18.5. The van der Waals surface area contributed by atoms with Crippen molar-refractivity contribution < 1.29 is 19.0 Å². The molecule has 4 aromatic rings. The van der Waals surface area contributed by atoms with Gasteiger partial charge < -0.3 is 24.0 Å². The number of anilines is 1. The van der Waals surface area contributed by atoms with Crippen LogP contribution in [0.3, 0.4) is 0 Å². The highest BCUT2D eigenvalue weighted by Crippen LogP contribution is 2.40. The van der Waals surface area contributed by atoms with E-state index in [4.69, 9.17) is 24.4 Å². The minimum atomic E-state index is -1.25. The summed E-state index contributed by atoms with van der Waals surface area (Å²) in [5.41, 5.74) is 4.64. The van der Waals surface area contributed by atoms with Crippen molar-refractivity contribution in [1.82, 2.24) is 39.9 Å². The summed E-state index contributed by atoms with van der Waals surface area (Å²) in [6, 6.07) is 9.89. The van der Waals surface area contributed by atoms with E-state index in [-0.39, 0.29) is 30.4 Å². The maximum Gasteiger partial charge on any atom is 0.410 e. The molecule has 3 aliphatic rings. The highest BCUT2D eigenvalue weighted by Gasteiger charge is 2.46. The number of carbonyl (C=O) groups is 1. The average molecular weight is 716 g/mol. The minimum absolute atomic E-state index is 0.0442. The number of aromatic nitrogens is 7. The largest absolute Gasteiger partial charge is 0.444 e. The lowest BCUT2D eigenvalue weighted by molar-refractivity contribution is -0.0394. The molecule has 7 rings (SSSR count). The van der Waals surface area contributed by atoms with Crippen LogP contribution >= 0.6 is 0 Å². The topological polar surface area (TPSA) is 126 Å². The summed E-state index contributed by atoms with van der Waals surface area (Å²) in [7, 11) is 0.837. The summed E-state index contributed by atoms with van der Waals surface area (Å²) in [4.78, 5) is 17.2. The van der Waals surface area contributed by atoms with Crippen molar-refractivity contribution in [3.63, 3.8) is 0 Å². The molecule has 3 aromatic heterocycles. The Morgan fingerprint density at radius 3 is 2.43 bits per heavy atom. The Kier molecular flexibility index (Phi) is 9.94. The van der Waals surface area contributed by atoms with Crippen molar-refractivity contribution in [3.05, 3.63) is 36.7 Å². The molecule has 14 heteroatoms. The molecule has 0 aliphatic carbocycles. The number of fused-ring (bicyclic) bond motifs is 3. The van der Waals surface area contributed by atoms with Crippen LogP contribution in [0.2, 0.25) is 25.7 Å². The smallest absolute Gasteiger partial charge is 0.410 e. The molecule has 0 N–H and O–H groups in total. The van der Waals surface area contributed by atoms with Gasteiger partial charge in [-0.05, 0) is 90.0 Å². The van der Waals surface area contributed by atoms with Crippen LogP contribution < -0.4 is 4.90 Å². The monoisotopic (exact) mass is 715 g/mol. The van der Waals surface area contributed by atoms with Gasteiger partial charge in [-0.1, -0.05) is 30.9 Å². The van der Waals surface area contributed by atoms with Crippen LogP contribution in [-0.4, -0.2) is 98.0 Å². The summed E-state index contributed by atoms with van der Waals surface area (Å²) in [5.74, 6) is 0.806. The molecule has 0 spiro atoms. The minimum Gasteiger partial charge on any atom is -0.444 e. The molecular weight excluding hydrogens is 663 g/mol. The Morgan fingerprint density at radius 1 is 1.00 bits per heavy atom. The van der Waals surface area contributed by atoms with Crippen molar-refractivity contribution >= 4 is 31.0 Å². The maximum absolute atomic E-state index is 13.0. The first kappa shape index (κ1) is 35.5. The third kappa shape index (κ3) is 7.82. The molecule has 2 unspecified atom stereocenters. The van der Waals surface area contributed by atoms with Crippen molar-refractivity contribution in [1.29, 1.82) is 0 Å². The van der Waals surface area contributed by atoms with Crippen LogP contribution in [0.1, 0.15) is 71.9 Å². The van der Waals surface area contributed by atoms with E-state index in [1.807, 2.05) is 59.6 Å². The Balaban J connectivity index is 1.13. The van der Waals surface area contributed by atoms with Crippen molar-refractivity contribution in [2.75, 3.05) is 25.2 Å². The molecular formula is C37H53N9O4Si. The molecule has 3 aliphatic heterocycles. The zero-order valence-corrected chi connectivity index (χ0v) is 32.2. The molecule has 6 heterocycles. The molecule has 2 bridgehead atoms. The Labute approximate surface area is 301 Å². The van der Waals surface area contributed by atoms with Gasteiger partial charge >= 0.3 is 6.09 Å². The fraction of sp³-hybridized carbons (Fsp3) is 0.622. The second-order valence-corrected chi connectivity index (χ2v) is 22.2. The second kappa shape index (κ2) is 14.3. The highest BCUT2D eigenvalue weighted by atomic mass is 28.3. The molecule has 13 nitrogen and oxygen atoms in total. The molecule has 0 radical (unpaired) electrons. The van der Waals surface area contributed by atoms with Gasteiger partial charge in [0, 0.05) is 69.3 Å². The van der Waals surface area contributed by atoms with Crippen molar-refractivity contribution in [2.24, 2.45) is 0 Å². The molecule has 3 fully saturated rings. The van der Waals surface area contributed by atoms with Gasteiger partial charge in [-0.25, -0.2) is 14.2 Å². The van der Waals surface area contributed by atoms with Crippen LogP contribution in [0.15, 0.2) is 36.7 Å². The SMILES string of the molecule is CN(c1ccc(-c2ccc(-c3cnn(C4CCCCO4)c3)c3nnn(COCC[Si](C)(C)C)c23)nn1)C1C[C@H]2CC[C@@H](C1)N2C(=O)OC(C)(C)C. The zero-order chi connectivity index (χ0) is 35.9. The van der Waals surface area contributed by atoms with Crippen LogP contribution in [0.4, 0.5) is 10.6 Å². The fourth-order valence-corrected chi connectivity index (χ4v) is 8.39. The van der Waals surface area contributed by atoms with E-state index in [1.165, 1.54) is 0 Å².